The van der Waals surface area contributed by atoms with Crippen molar-refractivity contribution in [1.29, 1.82) is 0 Å². The second-order valence-electron chi connectivity index (χ2n) is 8.37. The summed E-state index contributed by atoms with van der Waals surface area (Å²) in [4.78, 5) is 0. The Balaban J connectivity index is 1.77. The van der Waals surface area contributed by atoms with Crippen molar-refractivity contribution in [3.8, 4) is 33.4 Å². The first kappa shape index (κ1) is 19.3. The molecule has 0 aromatic heterocycles. The van der Waals surface area contributed by atoms with Crippen LogP contribution in [0.1, 0.15) is 0 Å². The summed E-state index contributed by atoms with van der Waals surface area (Å²) in [6, 6.07) is 45.0. The van der Waals surface area contributed by atoms with E-state index in [0.717, 1.165) is 16.8 Å². The Morgan fingerprint density at radius 3 is 1.45 bits per heavy atom. The van der Waals surface area contributed by atoms with Gasteiger partial charge in [-0.1, -0.05) is 121 Å². The topological polar surface area (TPSA) is 26.0 Å². The van der Waals surface area contributed by atoms with Crippen molar-refractivity contribution < 1.29 is 0 Å². The summed E-state index contributed by atoms with van der Waals surface area (Å²) in [5, 5.41) is 4.96. The van der Waals surface area contributed by atoms with Crippen LogP contribution in [-0.2, 0) is 0 Å². The quantitative estimate of drug-likeness (QED) is 0.285. The van der Waals surface area contributed by atoms with Gasteiger partial charge in [0.05, 0.1) is 0 Å². The summed E-state index contributed by atoms with van der Waals surface area (Å²) in [5.74, 6) is 0. The highest BCUT2D eigenvalue weighted by molar-refractivity contribution is 6.09. The second-order valence-corrected chi connectivity index (χ2v) is 8.37. The fourth-order valence-corrected chi connectivity index (χ4v) is 4.94. The third-order valence-electron chi connectivity index (χ3n) is 6.45. The zero-order chi connectivity index (χ0) is 22.2. The van der Waals surface area contributed by atoms with Crippen LogP contribution in [0.4, 0.5) is 5.69 Å². The number of rotatable bonds is 3. The van der Waals surface area contributed by atoms with Crippen LogP contribution in [-0.4, -0.2) is 0 Å². The molecule has 0 spiro atoms. The monoisotopic (exact) mass is 421 g/mol. The number of fused-ring (bicyclic) bond motifs is 2. The lowest BCUT2D eigenvalue weighted by atomic mass is 9.84. The Morgan fingerprint density at radius 2 is 0.758 bits per heavy atom. The van der Waals surface area contributed by atoms with Crippen LogP contribution in [0.2, 0.25) is 0 Å². The molecule has 156 valence electrons. The van der Waals surface area contributed by atoms with Gasteiger partial charge in [0.15, 0.2) is 0 Å². The number of anilines is 1. The first-order chi connectivity index (χ1) is 16.3. The summed E-state index contributed by atoms with van der Waals surface area (Å²) >= 11 is 0. The van der Waals surface area contributed by atoms with Crippen LogP contribution in [0.3, 0.4) is 0 Å². The highest BCUT2D eigenvalue weighted by Gasteiger charge is 2.18. The zero-order valence-corrected chi connectivity index (χ0v) is 18.2. The maximum atomic E-state index is 6.49. The van der Waals surface area contributed by atoms with Crippen LogP contribution in [0.15, 0.2) is 127 Å². The molecular formula is C32H23N. The largest absolute Gasteiger partial charge is 0.398 e. The normalized spacial score (nSPS) is 11.2. The maximum Gasteiger partial charge on any atom is 0.0393 e. The van der Waals surface area contributed by atoms with Crippen molar-refractivity contribution in [1.82, 2.24) is 0 Å². The highest BCUT2D eigenvalue weighted by atomic mass is 14.6. The summed E-state index contributed by atoms with van der Waals surface area (Å²) in [7, 11) is 0. The van der Waals surface area contributed by atoms with Gasteiger partial charge in [0.1, 0.15) is 0 Å². The highest BCUT2D eigenvalue weighted by Crippen LogP contribution is 2.45. The molecule has 0 radical (unpaired) electrons. The average Bonchev–Trinajstić information content (AvgIpc) is 2.88. The van der Waals surface area contributed by atoms with Gasteiger partial charge in [-0.2, -0.15) is 0 Å². The van der Waals surface area contributed by atoms with E-state index in [1.165, 1.54) is 43.8 Å². The van der Waals surface area contributed by atoms with Crippen LogP contribution < -0.4 is 5.73 Å². The molecule has 6 aromatic carbocycles. The van der Waals surface area contributed by atoms with Gasteiger partial charge in [0.25, 0.3) is 0 Å². The molecule has 0 aliphatic heterocycles. The molecule has 6 aromatic rings. The van der Waals surface area contributed by atoms with Crippen LogP contribution in [0.5, 0.6) is 0 Å². The summed E-state index contributed by atoms with van der Waals surface area (Å²) in [6.07, 6.45) is 0. The number of nitrogens with two attached hydrogens (primary N) is 1. The molecule has 6 rings (SSSR count). The van der Waals surface area contributed by atoms with Crippen molar-refractivity contribution in [2.24, 2.45) is 0 Å². The molecule has 0 unspecified atom stereocenters. The number of hydrogen-bond donors (Lipinski definition) is 1. The van der Waals surface area contributed by atoms with Gasteiger partial charge in [-0.25, -0.2) is 0 Å². The molecule has 1 heteroatoms. The van der Waals surface area contributed by atoms with Gasteiger partial charge in [0, 0.05) is 11.3 Å². The average molecular weight is 422 g/mol. The molecule has 2 N–H and O–H groups in total. The molecule has 0 saturated heterocycles. The molecule has 0 bridgehead atoms. The third kappa shape index (κ3) is 3.26. The fourth-order valence-electron chi connectivity index (χ4n) is 4.94. The molecule has 0 heterocycles. The third-order valence-corrected chi connectivity index (χ3v) is 6.45. The number of benzene rings is 6. The van der Waals surface area contributed by atoms with Gasteiger partial charge < -0.3 is 5.73 Å². The van der Waals surface area contributed by atoms with Gasteiger partial charge in [0.2, 0.25) is 0 Å². The lowest BCUT2D eigenvalue weighted by molar-refractivity contribution is 1.58. The van der Waals surface area contributed by atoms with E-state index in [9.17, 15) is 0 Å². The van der Waals surface area contributed by atoms with Crippen molar-refractivity contribution in [2.45, 2.75) is 0 Å². The second kappa shape index (κ2) is 7.96. The first-order valence-electron chi connectivity index (χ1n) is 11.3. The predicted octanol–water partition coefficient (Wildman–Crippen LogP) is 8.58. The van der Waals surface area contributed by atoms with Crippen molar-refractivity contribution in [2.75, 3.05) is 5.73 Å². The van der Waals surface area contributed by atoms with Crippen molar-refractivity contribution >= 4 is 27.2 Å². The molecule has 0 fully saturated rings. The Labute approximate surface area is 193 Å². The zero-order valence-electron chi connectivity index (χ0n) is 18.2. The Bertz CT molecular complexity index is 1620. The minimum absolute atomic E-state index is 0.786. The van der Waals surface area contributed by atoms with Gasteiger partial charge in [-0.3, -0.25) is 0 Å². The minimum atomic E-state index is 0.786. The summed E-state index contributed by atoms with van der Waals surface area (Å²) in [5.41, 5.74) is 14.4. The lowest BCUT2D eigenvalue weighted by Crippen LogP contribution is -1.95. The van der Waals surface area contributed by atoms with E-state index in [-0.39, 0.29) is 0 Å². The number of hydrogen-bond acceptors (Lipinski definition) is 1. The molecule has 0 atom stereocenters. The summed E-state index contributed by atoms with van der Waals surface area (Å²) in [6.45, 7) is 0. The molecule has 0 aliphatic carbocycles. The standard InChI is InChI=1S/C32H23N/c33-31-21-6-5-16-27(31)30-20-9-19-29(26-17-7-12-22-10-1-3-14-24(22)26)32(30)28-18-8-13-23-11-2-4-15-25(23)28/h1-21H,33H2. The smallest absolute Gasteiger partial charge is 0.0393 e. The minimum Gasteiger partial charge on any atom is -0.398 e. The molecule has 0 saturated carbocycles. The maximum absolute atomic E-state index is 6.49. The van der Waals surface area contributed by atoms with E-state index >= 15 is 0 Å². The van der Waals surface area contributed by atoms with Crippen LogP contribution >= 0.6 is 0 Å². The van der Waals surface area contributed by atoms with E-state index in [1.807, 2.05) is 12.1 Å². The molecular weight excluding hydrogens is 398 g/mol. The Hall–Kier alpha value is -4.36. The van der Waals surface area contributed by atoms with Crippen LogP contribution in [0, 0.1) is 0 Å². The van der Waals surface area contributed by atoms with Crippen LogP contribution in [0.25, 0.3) is 54.9 Å². The Morgan fingerprint density at radius 1 is 0.333 bits per heavy atom. The number of para-hydroxylation sites is 1. The van der Waals surface area contributed by atoms with E-state index in [2.05, 4.69) is 115 Å². The van der Waals surface area contributed by atoms with E-state index in [1.54, 1.807) is 0 Å². The molecule has 1 nitrogen and oxygen atoms in total. The van der Waals surface area contributed by atoms with Gasteiger partial charge >= 0.3 is 0 Å². The lowest BCUT2D eigenvalue weighted by Gasteiger charge is -2.19. The predicted molar refractivity (Wildman–Crippen MR) is 142 cm³/mol. The van der Waals surface area contributed by atoms with Crippen molar-refractivity contribution in [3.05, 3.63) is 127 Å². The Kier molecular flexibility index (Phi) is 4.66. The molecule has 33 heavy (non-hydrogen) atoms. The van der Waals surface area contributed by atoms with E-state index in [4.69, 9.17) is 5.73 Å². The number of nitrogen functional groups attached to an aromatic ring is 1. The van der Waals surface area contributed by atoms with Gasteiger partial charge in [-0.05, 0) is 55.4 Å². The SMILES string of the molecule is Nc1ccccc1-c1cccc(-c2cccc3ccccc23)c1-c1cccc2ccccc12. The first-order valence-corrected chi connectivity index (χ1v) is 11.3. The van der Waals surface area contributed by atoms with Crippen molar-refractivity contribution in [3.63, 3.8) is 0 Å². The van der Waals surface area contributed by atoms with E-state index < -0.39 is 0 Å². The summed E-state index contributed by atoms with van der Waals surface area (Å²) < 4.78 is 0. The van der Waals surface area contributed by atoms with E-state index in [0.29, 0.717) is 0 Å². The molecule has 0 amide bonds. The van der Waals surface area contributed by atoms with Gasteiger partial charge in [-0.15, -0.1) is 0 Å². The fraction of sp³-hybridized carbons (Fsp3) is 0. The molecule has 0 aliphatic rings.